The predicted octanol–water partition coefficient (Wildman–Crippen LogP) is 0.145. The molecule has 2 amide bonds. The molecule has 0 aromatic carbocycles. The lowest BCUT2D eigenvalue weighted by molar-refractivity contribution is 0.0179. The number of carbonyl (C=O) groups is 1. The van der Waals surface area contributed by atoms with Crippen molar-refractivity contribution in [2.24, 2.45) is 0 Å². The third-order valence-corrected chi connectivity index (χ3v) is 4.28. The molecule has 0 bridgehead atoms. The Hall–Kier alpha value is -0.850. The van der Waals surface area contributed by atoms with Crippen LogP contribution in [0.4, 0.5) is 4.79 Å². The molecule has 6 heteroatoms. The minimum absolute atomic E-state index is 0.147. The van der Waals surface area contributed by atoms with E-state index < -0.39 is 6.10 Å². The van der Waals surface area contributed by atoms with Gasteiger partial charge in [-0.25, -0.2) is 4.79 Å². The molecule has 0 spiro atoms. The Kier molecular flexibility index (Phi) is 3.91. The first kappa shape index (κ1) is 13.1. The molecule has 2 saturated heterocycles. The minimum Gasteiger partial charge on any atom is -0.388 e. The van der Waals surface area contributed by atoms with E-state index in [2.05, 4.69) is 10.6 Å². The fourth-order valence-electron chi connectivity index (χ4n) is 3.25. The van der Waals surface area contributed by atoms with E-state index >= 15 is 0 Å². The smallest absolute Gasteiger partial charge is 0.315 e. The molecule has 19 heavy (non-hydrogen) atoms. The van der Waals surface area contributed by atoms with Crippen LogP contribution in [0.25, 0.3) is 0 Å². The number of carbonyl (C=O) groups excluding carboxylic acids is 1. The topological polar surface area (TPSA) is 79.8 Å². The van der Waals surface area contributed by atoms with Gasteiger partial charge in [0.1, 0.15) is 18.3 Å². The first-order valence-electron chi connectivity index (χ1n) is 7.22. The highest BCUT2D eigenvalue weighted by molar-refractivity contribution is 5.74. The Morgan fingerprint density at radius 1 is 1.00 bits per heavy atom. The molecule has 6 nitrogen and oxygen atoms in total. The van der Waals surface area contributed by atoms with Crippen molar-refractivity contribution in [1.29, 1.82) is 0 Å². The number of urea groups is 1. The largest absolute Gasteiger partial charge is 0.388 e. The van der Waals surface area contributed by atoms with Crippen molar-refractivity contribution in [3.63, 3.8) is 0 Å². The van der Waals surface area contributed by atoms with Gasteiger partial charge < -0.3 is 25.2 Å². The summed E-state index contributed by atoms with van der Waals surface area (Å²) in [5.41, 5.74) is 0. The quantitative estimate of drug-likeness (QED) is 0.667. The van der Waals surface area contributed by atoms with Crippen LogP contribution in [-0.2, 0) is 9.47 Å². The molecule has 0 aromatic rings. The first-order chi connectivity index (χ1) is 9.24. The molecule has 4 unspecified atom stereocenters. The highest BCUT2D eigenvalue weighted by Crippen LogP contribution is 2.27. The zero-order chi connectivity index (χ0) is 13.2. The molecule has 3 N–H and O–H groups in total. The zero-order valence-electron chi connectivity index (χ0n) is 11.0. The normalized spacial score (nSPS) is 39.0. The van der Waals surface area contributed by atoms with Crippen molar-refractivity contribution in [1.82, 2.24) is 10.6 Å². The van der Waals surface area contributed by atoms with E-state index in [1.807, 2.05) is 0 Å². The summed E-state index contributed by atoms with van der Waals surface area (Å²) < 4.78 is 11.0. The fraction of sp³-hybridized carbons (Fsp3) is 0.923. The predicted molar refractivity (Wildman–Crippen MR) is 67.8 cm³/mol. The lowest BCUT2D eigenvalue weighted by atomic mass is 9.96. The van der Waals surface area contributed by atoms with E-state index in [1.54, 1.807) is 0 Å². The molecule has 0 radical (unpaired) electrons. The number of hydrogen-bond donors (Lipinski definition) is 3. The molecule has 3 fully saturated rings. The Labute approximate surface area is 112 Å². The van der Waals surface area contributed by atoms with Gasteiger partial charge in [0.15, 0.2) is 0 Å². The van der Waals surface area contributed by atoms with Crippen LogP contribution in [-0.4, -0.2) is 54.7 Å². The van der Waals surface area contributed by atoms with E-state index in [1.165, 1.54) is 19.3 Å². The van der Waals surface area contributed by atoms with Crippen LogP contribution in [0, 0.1) is 0 Å². The van der Waals surface area contributed by atoms with Crippen LogP contribution >= 0.6 is 0 Å². The van der Waals surface area contributed by atoms with Gasteiger partial charge in [-0.3, -0.25) is 0 Å². The highest BCUT2D eigenvalue weighted by atomic mass is 16.6. The summed E-state index contributed by atoms with van der Waals surface area (Å²) in [5, 5.41) is 15.6. The molecular formula is C13H22N2O4. The van der Waals surface area contributed by atoms with E-state index in [4.69, 9.17) is 9.47 Å². The van der Waals surface area contributed by atoms with Crippen molar-refractivity contribution >= 4 is 6.03 Å². The lowest BCUT2D eigenvalue weighted by Crippen LogP contribution is -2.51. The van der Waals surface area contributed by atoms with Gasteiger partial charge in [-0.05, 0) is 12.8 Å². The summed E-state index contributed by atoms with van der Waals surface area (Å²) in [5.74, 6) is 0. The van der Waals surface area contributed by atoms with Crippen molar-refractivity contribution < 1.29 is 19.4 Å². The van der Waals surface area contributed by atoms with Gasteiger partial charge in [0, 0.05) is 6.04 Å². The maximum Gasteiger partial charge on any atom is 0.315 e. The molecular weight excluding hydrogens is 248 g/mol. The van der Waals surface area contributed by atoms with Crippen LogP contribution in [0.5, 0.6) is 0 Å². The Morgan fingerprint density at radius 2 is 1.74 bits per heavy atom. The van der Waals surface area contributed by atoms with Gasteiger partial charge in [0.2, 0.25) is 0 Å². The van der Waals surface area contributed by atoms with Crippen LogP contribution in [0.1, 0.15) is 32.1 Å². The van der Waals surface area contributed by atoms with Crippen LogP contribution in [0.15, 0.2) is 0 Å². The maximum absolute atomic E-state index is 11.9. The van der Waals surface area contributed by atoms with Crippen LogP contribution in [0.2, 0.25) is 0 Å². The molecule has 2 aliphatic heterocycles. The second kappa shape index (κ2) is 5.64. The van der Waals surface area contributed by atoms with Crippen LogP contribution in [0.3, 0.4) is 0 Å². The van der Waals surface area contributed by atoms with Gasteiger partial charge in [0.25, 0.3) is 0 Å². The minimum atomic E-state index is -0.571. The summed E-state index contributed by atoms with van der Waals surface area (Å²) in [7, 11) is 0. The number of aliphatic hydroxyl groups excluding tert-OH is 1. The molecule has 0 aromatic heterocycles. The Bertz CT molecular complexity index is 333. The molecule has 108 valence electrons. The Balaban J connectivity index is 1.47. The number of hydrogen-bond acceptors (Lipinski definition) is 4. The number of amides is 2. The highest BCUT2D eigenvalue weighted by Gasteiger charge is 2.47. The van der Waals surface area contributed by atoms with E-state index in [0.717, 1.165) is 12.8 Å². The molecule has 3 rings (SSSR count). The summed E-state index contributed by atoms with van der Waals surface area (Å²) in [6, 6.07) is -0.0150. The van der Waals surface area contributed by atoms with Crippen molar-refractivity contribution in [3.8, 4) is 0 Å². The first-order valence-corrected chi connectivity index (χ1v) is 7.22. The SMILES string of the molecule is O=C(NC1CCCCC1)NC1COC2C(O)COC12. The second-order valence-corrected chi connectivity index (χ2v) is 5.72. The second-order valence-electron chi connectivity index (χ2n) is 5.72. The van der Waals surface area contributed by atoms with Gasteiger partial charge in [-0.2, -0.15) is 0 Å². The van der Waals surface area contributed by atoms with Crippen molar-refractivity contribution in [3.05, 3.63) is 0 Å². The summed E-state index contributed by atoms with van der Waals surface area (Å²) in [6.45, 7) is 0.697. The van der Waals surface area contributed by atoms with Crippen molar-refractivity contribution in [2.75, 3.05) is 13.2 Å². The maximum atomic E-state index is 11.9. The average Bonchev–Trinajstić information content (AvgIpc) is 2.96. The third kappa shape index (κ3) is 2.85. The lowest BCUT2D eigenvalue weighted by Gasteiger charge is -2.24. The molecule has 2 heterocycles. The fourth-order valence-corrected chi connectivity index (χ4v) is 3.25. The van der Waals surface area contributed by atoms with E-state index in [-0.39, 0.29) is 30.9 Å². The average molecular weight is 270 g/mol. The molecule has 1 saturated carbocycles. The molecule has 1 aliphatic carbocycles. The molecule has 4 atom stereocenters. The standard InChI is InChI=1S/C13H22N2O4/c16-10-7-19-11-9(6-18-12(10)11)15-13(17)14-8-4-2-1-3-5-8/h8-12,16H,1-7H2,(H2,14,15,17). The van der Waals surface area contributed by atoms with Gasteiger partial charge in [-0.15, -0.1) is 0 Å². The number of nitrogens with one attached hydrogen (secondary N) is 2. The van der Waals surface area contributed by atoms with E-state index in [9.17, 15) is 9.90 Å². The van der Waals surface area contributed by atoms with E-state index in [0.29, 0.717) is 12.6 Å². The van der Waals surface area contributed by atoms with Gasteiger partial charge >= 0.3 is 6.03 Å². The van der Waals surface area contributed by atoms with Crippen LogP contribution < -0.4 is 10.6 Å². The zero-order valence-corrected chi connectivity index (χ0v) is 11.0. The Morgan fingerprint density at radius 3 is 2.53 bits per heavy atom. The summed E-state index contributed by atoms with van der Waals surface area (Å²) in [6.07, 6.45) is 4.71. The number of aliphatic hydroxyl groups is 1. The number of rotatable bonds is 2. The number of ether oxygens (including phenoxy) is 2. The van der Waals surface area contributed by atoms with Crippen molar-refractivity contribution in [2.45, 2.75) is 62.5 Å². The monoisotopic (exact) mass is 270 g/mol. The van der Waals surface area contributed by atoms with Gasteiger partial charge in [-0.1, -0.05) is 19.3 Å². The molecule has 3 aliphatic rings. The third-order valence-electron chi connectivity index (χ3n) is 4.28. The summed E-state index contributed by atoms with van der Waals surface area (Å²) >= 11 is 0. The number of fused-ring (bicyclic) bond motifs is 1. The van der Waals surface area contributed by atoms with Gasteiger partial charge in [0.05, 0.1) is 19.3 Å². The summed E-state index contributed by atoms with van der Waals surface area (Å²) in [4.78, 5) is 11.9.